The van der Waals surface area contributed by atoms with Crippen LogP contribution < -0.4 is 5.32 Å². The number of aryl methyl sites for hydroxylation is 1. The highest BCUT2D eigenvalue weighted by molar-refractivity contribution is 6.07. The molecule has 4 aromatic heterocycles. The van der Waals surface area contributed by atoms with Gasteiger partial charge < -0.3 is 14.3 Å². The molecule has 0 radical (unpaired) electrons. The van der Waals surface area contributed by atoms with Crippen LogP contribution in [-0.2, 0) is 6.54 Å². The maximum absolute atomic E-state index is 13.1. The molecule has 1 aromatic carbocycles. The first-order chi connectivity index (χ1) is 14.2. The molecule has 0 saturated carbocycles. The number of hydrogen-bond acceptors (Lipinski definition) is 6. The van der Waals surface area contributed by atoms with Gasteiger partial charge >= 0.3 is 0 Å². The number of pyridine rings is 2. The number of furan rings is 1. The van der Waals surface area contributed by atoms with E-state index >= 15 is 0 Å². The van der Waals surface area contributed by atoms with Crippen LogP contribution in [0.5, 0.6) is 0 Å². The van der Waals surface area contributed by atoms with Gasteiger partial charge in [-0.3, -0.25) is 9.78 Å². The van der Waals surface area contributed by atoms with Gasteiger partial charge in [0.05, 0.1) is 28.4 Å². The predicted octanol–water partition coefficient (Wildman–Crippen LogP) is 4.27. The summed E-state index contributed by atoms with van der Waals surface area (Å²) in [6, 6.07) is 15.0. The third-order valence-electron chi connectivity index (χ3n) is 4.81. The van der Waals surface area contributed by atoms with Crippen LogP contribution in [0, 0.1) is 6.92 Å². The molecule has 0 atom stereocenters. The maximum atomic E-state index is 13.1. The van der Waals surface area contributed by atoms with Crippen LogP contribution >= 0.6 is 0 Å². The molecule has 29 heavy (non-hydrogen) atoms. The highest BCUT2D eigenvalue weighted by Crippen LogP contribution is 2.27. The Hall–Kier alpha value is -4.00. The van der Waals surface area contributed by atoms with Gasteiger partial charge in [0.1, 0.15) is 5.69 Å². The van der Waals surface area contributed by atoms with Gasteiger partial charge in [0, 0.05) is 18.1 Å². The van der Waals surface area contributed by atoms with Crippen molar-refractivity contribution in [1.29, 1.82) is 0 Å². The van der Waals surface area contributed by atoms with Crippen molar-refractivity contribution in [3.8, 4) is 11.5 Å². The summed E-state index contributed by atoms with van der Waals surface area (Å²) in [5.41, 5.74) is 3.74. The number of carbonyl (C=O) groups is 1. The molecule has 142 valence electrons. The number of amides is 1. The summed E-state index contributed by atoms with van der Waals surface area (Å²) >= 11 is 0. The highest BCUT2D eigenvalue weighted by atomic mass is 16.5. The van der Waals surface area contributed by atoms with Gasteiger partial charge in [-0.1, -0.05) is 23.4 Å². The zero-order valence-electron chi connectivity index (χ0n) is 15.5. The number of hydrogen-bond donors (Lipinski definition) is 1. The summed E-state index contributed by atoms with van der Waals surface area (Å²) < 4.78 is 10.7. The van der Waals surface area contributed by atoms with E-state index in [-0.39, 0.29) is 5.91 Å². The molecule has 0 spiro atoms. The van der Waals surface area contributed by atoms with Crippen molar-refractivity contribution >= 4 is 27.9 Å². The van der Waals surface area contributed by atoms with Gasteiger partial charge in [0.15, 0.2) is 5.76 Å². The standard InChI is InChI=1S/C22H16N4O3/c1-13-20-16(11-18(19-8-4-10-28-19)25-22(20)29-26-13)21(27)24-12-14-5-2-7-17-15(14)6-3-9-23-17/h2-11H,12H2,1H3,(H,24,27). The Morgan fingerprint density at radius 1 is 1.14 bits per heavy atom. The predicted molar refractivity (Wildman–Crippen MR) is 107 cm³/mol. The summed E-state index contributed by atoms with van der Waals surface area (Å²) in [4.78, 5) is 21.9. The highest BCUT2D eigenvalue weighted by Gasteiger charge is 2.20. The smallest absolute Gasteiger partial charge is 0.259 e. The Kier molecular flexibility index (Phi) is 4.05. The lowest BCUT2D eigenvalue weighted by atomic mass is 10.1. The number of benzene rings is 1. The molecular formula is C22H16N4O3. The van der Waals surface area contributed by atoms with E-state index in [0.29, 0.717) is 40.4 Å². The zero-order chi connectivity index (χ0) is 19.8. The van der Waals surface area contributed by atoms with Crippen molar-refractivity contribution in [1.82, 2.24) is 20.4 Å². The van der Waals surface area contributed by atoms with E-state index < -0.39 is 0 Å². The van der Waals surface area contributed by atoms with Crippen molar-refractivity contribution in [2.45, 2.75) is 13.5 Å². The van der Waals surface area contributed by atoms with Crippen molar-refractivity contribution in [2.24, 2.45) is 0 Å². The Labute approximate surface area is 165 Å². The lowest BCUT2D eigenvalue weighted by Crippen LogP contribution is -2.23. The first kappa shape index (κ1) is 17.1. The number of fused-ring (bicyclic) bond motifs is 2. The van der Waals surface area contributed by atoms with E-state index in [1.165, 1.54) is 0 Å². The fourth-order valence-electron chi connectivity index (χ4n) is 3.42. The first-order valence-electron chi connectivity index (χ1n) is 9.12. The Bertz CT molecular complexity index is 1330. The Balaban J connectivity index is 1.51. The molecule has 7 heteroatoms. The van der Waals surface area contributed by atoms with Crippen LogP contribution in [0.1, 0.15) is 21.6 Å². The summed E-state index contributed by atoms with van der Waals surface area (Å²) in [5, 5.41) is 8.56. The van der Waals surface area contributed by atoms with E-state index in [2.05, 4.69) is 20.4 Å². The van der Waals surface area contributed by atoms with Gasteiger partial charge in [0.2, 0.25) is 0 Å². The molecule has 0 unspecified atom stereocenters. The lowest BCUT2D eigenvalue weighted by Gasteiger charge is -2.09. The number of nitrogens with one attached hydrogen (secondary N) is 1. The van der Waals surface area contributed by atoms with Crippen LogP contribution in [0.3, 0.4) is 0 Å². The summed E-state index contributed by atoms with van der Waals surface area (Å²) in [5.74, 6) is 0.313. The Morgan fingerprint density at radius 2 is 2.07 bits per heavy atom. The van der Waals surface area contributed by atoms with Gasteiger partial charge in [0.25, 0.3) is 11.6 Å². The second-order valence-electron chi connectivity index (χ2n) is 6.65. The molecule has 0 aliphatic heterocycles. The largest absolute Gasteiger partial charge is 0.463 e. The molecule has 0 aliphatic rings. The Morgan fingerprint density at radius 3 is 2.93 bits per heavy atom. The minimum atomic E-state index is -0.239. The van der Waals surface area contributed by atoms with Crippen LogP contribution in [0.4, 0.5) is 0 Å². The van der Waals surface area contributed by atoms with E-state index in [0.717, 1.165) is 16.5 Å². The fraction of sp³-hybridized carbons (Fsp3) is 0.0909. The molecule has 0 bridgehead atoms. The molecule has 0 saturated heterocycles. The third kappa shape index (κ3) is 3.02. The lowest BCUT2D eigenvalue weighted by molar-refractivity contribution is 0.0952. The van der Waals surface area contributed by atoms with Gasteiger partial charge in [-0.2, -0.15) is 0 Å². The average Bonchev–Trinajstić information content (AvgIpc) is 3.42. The molecule has 4 heterocycles. The average molecular weight is 384 g/mol. The normalized spacial score (nSPS) is 11.2. The fourth-order valence-corrected chi connectivity index (χ4v) is 3.42. The topological polar surface area (TPSA) is 94.0 Å². The number of rotatable bonds is 4. The van der Waals surface area contributed by atoms with Crippen molar-refractivity contribution in [3.05, 3.63) is 77.8 Å². The first-order valence-corrected chi connectivity index (χ1v) is 9.12. The number of nitrogens with zero attached hydrogens (tertiary/aromatic N) is 3. The molecule has 1 amide bonds. The second-order valence-corrected chi connectivity index (χ2v) is 6.65. The molecular weight excluding hydrogens is 368 g/mol. The molecule has 0 aliphatic carbocycles. The number of carbonyl (C=O) groups excluding carboxylic acids is 1. The quantitative estimate of drug-likeness (QED) is 0.497. The van der Waals surface area contributed by atoms with E-state index in [1.807, 2.05) is 30.3 Å². The van der Waals surface area contributed by atoms with Crippen LogP contribution in [0.2, 0.25) is 0 Å². The van der Waals surface area contributed by atoms with Crippen molar-refractivity contribution in [2.75, 3.05) is 0 Å². The SMILES string of the molecule is Cc1noc2nc(-c3ccco3)cc(C(=O)NCc3cccc4ncccc34)c12. The van der Waals surface area contributed by atoms with Crippen LogP contribution in [0.25, 0.3) is 33.5 Å². The van der Waals surface area contributed by atoms with E-state index in [4.69, 9.17) is 8.94 Å². The van der Waals surface area contributed by atoms with Crippen molar-refractivity contribution in [3.63, 3.8) is 0 Å². The van der Waals surface area contributed by atoms with Crippen molar-refractivity contribution < 1.29 is 13.7 Å². The minimum absolute atomic E-state index is 0.239. The summed E-state index contributed by atoms with van der Waals surface area (Å²) in [6.45, 7) is 2.15. The summed E-state index contributed by atoms with van der Waals surface area (Å²) in [6.07, 6.45) is 3.31. The molecule has 1 N–H and O–H groups in total. The number of aromatic nitrogens is 3. The maximum Gasteiger partial charge on any atom is 0.259 e. The van der Waals surface area contributed by atoms with E-state index in [1.54, 1.807) is 37.6 Å². The van der Waals surface area contributed by atoms with Gasteiger partial charge in [-0.05, 0) is 42.8 Å². The molecule has 7 nitrogen and oxygen atoms in total. The molecule has 5 rings (SSSR count). The minimum Gasteiger partial charge on any atom is -0.463 e. The zero-order valence-corrected chi connectivity index (χ0v) is 15.5. The third-order valence-corrected chi connectivity index (χ3v) is 4.81. The second kappa shape index (κ2) is 6.87. The monoisotopic (exact) mass is 384 g/mol. The van der Waals surface area contributed by atoms with Gasteiger partial charge in [-0.15, -0.1) is 0 Å². The molecule has 0 fully saturated rings. The summed E-state index contributed by atoms with van der Waals surface area (Å²) in [7, 11) is 0. The van der Waals surface area contributed by atoms with Gasteiger partial charge in [-0.25, -0.2) is 4.98 Å². The van der Waals surface area contributed by atoms with Crippen LogP contribution in [0.15, 0.2) is 69.9 Å². The molecule has 5 aromatic rings. The van der Waals surface area contributed by atoms with E-state index in [9.17, 15) is 4.79 Å². The van der Waals surface area contributed by atoms with Crippen LogP contribution in [-0.4, -0.2) is 21.0 Å².